The van der Waals surface area contributed by atoms with Crippen molar-refractivity contribution in [3.63, 3.8) is 0 Å². The predicted octanol–water partition coefficient (Wildman–Crippen LogP) is -1.22. The minimum absolute atomic E-state index is 0. The van der Waals surface area contributed by atoms with Gasteiger partial charge in [0.05, 0.1) is 5.69 Å². The van der Waals surface area contributed by atoms with Crippen molar-refractivity contribution in [2.24, 2.45) is 10.2 Å². The lowest BCUT2D eigenvalue weighted by Crippen LogP contribution is -1.98. The first-order chi connectivity index (χ1) is 14.7. The highest BCUT2D eigenvalue weighted by Crippen LogP contribution is 2.23. The van der Waals surface area contributed by atoms with Crippen molar-refractivity contribution in [1.82, 2.24) is 4.98 Å². The summed E-state index contributed by atoms with van der Waals surface area (Å²) in [6.07, 6.45) is 0. The second-order valence-corrected chi connectivity index (χ2v) is 4.42. The first kappa shape index (κ1) is 37.8. The van der Waals surface area contributed by atoms with E-state index in [4.69, 9.17) is 51.7 Å². The van der Waals surface area contributed by atoms with Crippen LogP contribution in [0, 0.1) is 0 Å². The van der Waals surface area contributed by atoms with Crippen molar-refractivity contribution >= 4 is 65.0 Å². The van der Waals surface area contributed by atoms with E-state index in [9.17, 15) is 17.3 Å². The van der Waals surface area contributed by atoms with Crippen molar-refractivity contribution in [3.8, 4) is 0 Å². The number of benzene rings is 1. The summed E-state index contributed by atoms with van der Waals surface area (Å²) in [7, 11) is -10.7. The van der Waals surface area contributed by atoms with Crippen LogP contribution in [0.2, 0.25) is 0 Å². The Balaban J connectivity index is -0.000000205. The van der Waals surface area contributed by atoms with Gasteiger partial charge in [-0.25, -0.2) is 4.98 Å². The second kappa shape index (κ2) is 24.2. The van der Waals surface area contributed by atoms with Crippen LogP contribution in [0.5, 0.6) is 0 Å². The fourth-order valence-electron chi connectivity index (χ4n) is 1.17. The molecule has 1 heterocycles. The average Bonchev–Trinajstić information content (AvgIpc) is 2.60. The predicted molar refractivity (Wildman–Crippen MR) is 116 cm³/mol. The number of rotatable bonds is 2. The van der Waals surface area contributed by atoms with E-state index in [2.05, 4.69) is 15.2 Å². The van der Waals surface area contributed by atoms with Gasteiger partial charge in [0.2, 0.25) is 0 Å². The molecule has 13 nitrogen and oxygen atoms in total. The first-order valence-corrected chi connectivity index (χ1v) is 7.68. The number of nitrogens with zero attached hydrogens (tertiary/aromatic N) is 3. The number of nitrogen functional groups attached to an aromatic ring is 2. The minimum atomic E-state index is -2.67. The van der Waals surface area contributed by atoms with Gasteiger partial charge in [0, 0.05) is 0 Å². The van der Waals surface area contributed by atoms with E-state index < -0.39 is 29.6 Å². The van der Waals surface area contributed by atoms with Gasteiger partial charge in [-0.2, -0.15) is 5.11 Å². The van der Waals surface area contributed by atoms with Crippen LogP contribution in [0.15, 0.2) is 52.7 Å². The third-order valence-corrected chi connectivity index (χ3v) is 1.95. The molecule has 12 N–H and O–H groups in total. The summed E-state index contributed by atoms with van der Waals surface area (Å²) < 4.78 is 40.4. The molecule has 0 fully saturated rings. The molecule has 2 rings (SSSR count). The Hall–Kier alpha value is -2.48. The molecule has 0 spiro atoms. The van der Waals surface area contributed by atoms with Crippen LogP contribution in [0.1, 0.15) is 0 Å². The highest BCUT2D eigenvalue weighted by atomic mass is 35.5. The first-order valence-electron chi connectivity index (χ1n) is 7.68. The molecule has 0 bridgehead atoms. The van der Waals surface area contributed by atoms with Crippen molar-refractivity contribution in [3.05, 3.63) is 42.5 Å². The van der Waals surface area contributed by atoms with E-state index in [0.717, 1.165) is 5.69 Å². The Morgan fingerprint density at radius 3 is 1.33 bits per heavy atom. The molecule has 0 amide bonds. The van der Waals surface area contributed by atoms with E-state index in [-0.39, 0.29) is 18.2 Å². The number of anilines is 2. The number of hydrogen-bond acceptors (Lipinski definition) is 13. The fraction of sp³-hybridized carbons (Fsp3) is 0. The van der Waals surface area contributed by atoms with Crippen molar-refractivity contribution in [1.29, 1.82) is 0 Å². The number of hydrogen-bond donors (Lipinski definition) is 10. The third-order valence-electron chi connectivity index (χ3n) is 1.95. The molecule has 0 aliphatic rings. The zero-order chi connectivity index (χ0) is 25.7. The summed E-state index contributed by atoms with van der Waals surface area (Å²) >= 11 is 0. The Kier molecular flexibility index (Phi) is 27.7. The van der Waals surface area contributed by atoms with Gasteiger partial charge in [0.25, 0.3) is 0 Å². The Labute approximate surface area is 192 Å². The van der Waals surface area contributed by atoms with Gasteiger partial charge in [-0.15, -0.1) is 17.5 Å². The molecule has 0 saturated carbocycles. The summed E-state index contributed by atoms with van der Waals surface area (Å²) in [4.78, 5) is 3.89. The van der Waals surface area contributed by atoms with Crippen molar-refractivity contribution in [2.75, 3.05) is 11.5 Å². The molecule has 184 valence electrons. The summed E-state index contributed by atoms with van der Waals surface area (Å²) in [6.45, 7) is 0. The van der Waals surface area contributed by atoms with E-state index in [1.165, 1.54) is 0 Å². The van der Waals surface area contributed by atoms with E-state index in [0.29, 0.717) is 11.5 Å². The van der Waals surface area contributed by atoms with Crippen LogP contribution in [0.4, 0.5) is 40.3 Å². The molecule has 1 aromatic carbocycles. The van der Waals surface area contributed by atoms with Crippen LogP contribution in [0.3, 0.4) is 0 Å². The van der Waals surface area contributed by atoms with E-state index in [1.54, 1.807) is 12.1 Å². The Morgan fingerprint density at radius 1 is 0.636 bits per heavy atom. The SMILES string of the molecule is Cl.Nc1ccc(/N=N/c2ccccc2)c(N)n1.OB(O)F.OB(O)F.OB(O)F.OB(O)F. The van der Waals surface area contributed by atoms with Gasteiger partial charge in [0.1, 0.15) is 11.5 Å². The summed E-state index contributed by atoms with van der Waals surface area (Å²) in [5.41, 5.74) is 12.4. The zero-order valence-electron chi connectivity index (χ0n) is 16.3. The quantitative estimate of drug-likeness (QED) is 0.132. The second-order valence-electron chi connectivity index (χ2n) is 4.42. The lowest BCUT2D eigenvalue weighted by molar-refractivity contribution is 0.338. The Morgan fingerprint density at radius 2 is 1.00 bits per heavy atom. The summed E-state index contributed by atoms with van der Waals surface area (Å²) in [5.74, 6) is 0.649. The van der Waals surface area contributed by atoms with Crippen molar-refractivity contribution in [2.45, 2.75) is 0 Å². The molecule has 1 aromatic heterocycles. The lowest BCUT2D eigenvalue weighted by atomic mass is 10.3. The molecule has 0 unspecified atom stereocenters. The molecular formula is C11H20B4ClF4N5O8. The maximum Gasteiger partial charge on any atom is 0.674 e. The largest absolute Gasteiger partial charge is 0.674 e. The lowest BCUT2D eigenvalue weighted by Gasteiger charge is -1.98. The zero-order valence-corrected chi connectivity index (χ0v) is 17.2. The number of aromatic nitrogens is 1. The highest BCUT2D eigenvalue weighted by Gasteiger charge is 1.99. The van der Waals surface area contributed by atoms with Crippen LogP contribution >= 0.6 is 12.4 Å². The van der Waals surface area contributed by atoms with Gasteiger partial charge in [-0.05, 0) is 24.3 Å². The molecule has 22 heteroatoms. The number of azo groups is 1. The summed E-state index contributed by atoms with van der Waals surface area (Å²) in [6, 6.07) is 12.7. The maximum absolute atomic E-state index is 10.1. The van der Waals surface area contributed by atoms with E-state index in [1.807, 2.05) is 30.3 Å². The molecule has 0 aliphatic heterocycles. The molecule has 0 radical (unpaired) electrons. The van der Waals surface area contributed by atoms with Crippen LogP contribution in [-0.4, -0.2) is 74.8 Å². The topological polar surface area (TPSA) is 251 Å². The van der Waals surface area contributed by atoms with Gasteiger partial charge in [0.15, 0.2) is 5.82 Å². The average molecular weight is 505 g/mol. The minimum Gasteiger partial charge on any atom is -0.398 e. The van der Waals surface area contributed by atoms with Gasteiger partial charge in [-0.1, -0.05) is 18.2 Å². The Bertz CT molecular complexity index is 699. The maximum atomic E-state index is 10.1. The van der Waals surface area contributed by atoms with Gasteiger partial charge < -0.3 is 51.7 Å². The summed E-state index contributed by atoms with van der Waals surface area (Å²) in [5, 5.41) is 63.6. The van der Waals surface area contributed by atoms with Crippen LogP contribution in [-0.2, 0) is 0 Å². The monoisotopic (exact) mass is 505 g/mol. The third kappa shape index (κ3) is 40.4. The van der Waals surface area contributed by atoms with Gasteiger partial charge in [-0.3, -0.25) is 17.3 Å². The number of halogens is 5. The normalized spacial score (nSPS) is 8.48. The highest BCUT2D eigenvalue weighted by molar-refractivity contribution is 6.32. The smallest absolute Gasteiger partial charge is 0.398 e. The molecule has 33 heavy (non-hydrogen) atoms. The standard InChI is InChI=1S/C11H11N5.4BFH2O2.ClH/c12-10-7-6-9(11(13)14-10)16-15-8-4-2-1-3-5-8;4*2-1(3)4;/h1-7H,(H4,12,13,14);4*3-4H;1H/b16-15+;;;;;. The van der Waals surface area contributed by atoms with Crippen molar-refractivity contribution < 1.29 is 57.5 Å². The molecule has 0 saturated heterocycles. The molecular weight excluding hydrogens is 485 g/mol. The van der Waals surface area contributed by atoms with Crippen LogP contribution < -0.4 is 11.5 Å². The van der Waals surface area contributed by atoms with Gasteiger partial charge >= 0.3 is 29.6 Å². The molecule has 0 atom stereocenters. The molecule has 2 aromatic rings. The number of nitrogens with two attached hydrogens (primary N) is 2. The fourth-order valence-corrected chi connectivity index (χ4v) is 1.17. The van der Waals surface area contributed by atoms with Crippen LogP contribution in [0.25, 0.3) is 0 Å². The molecule has 0 aliphatic carbocycles. The van der Waals surface area contributed by atoms with E-state index >= 15 is 0 Å². The number of pyridine rings is 1.